The SMILES string of the molecule is CCCc1[nH]n(-c2ccccc2)c(=O)c1C(C)=NCCOC. The van der Waals surface area contributed by atoms with Gasteiger partial charge in [0.1, 0.15) is 0 Å². The van der Waals surface area contributed by atoms with E-state index < -0.39 is 0 Å². The van der Waals surface area contributed by atoms with Crippen LogP contribution < -0.4 is 5.56 Å². The van der Waals surface area contributed by atoms with Crippen molar-refractivity contribution in [3.05, 3.63) is 51.9 Å². The minimum atomic E-state index is -0.0479. The van der Waals surface area contributed by atoms with Crippen molar-refractivity contribution >= 4 is 5.71 Å². The van der Waals surface area contributed by atoms with Gasteiger partial charge >= 0.3 is 0 Å². The van der Waals surface area contributed by atoms with Crippen LogP contribution in [0.5, 0.6) is 0 Å². The molecule has 22 heavy (non-hydrogen) atoms. The minimum absolute atomic E-state index is 0.0479. The second-order valence-corrected chi connectivity index (χ2v) is 5.15. The van der Waals surface area contributed by atoms with Gasteiger partial charge < -0.3 is 4.74 Å². The Morgan fingerprint density at radius 2 is 2.05 bits per heavy atom. The van der Waals surface area contributed by atoms with Gasteiger partial charge in [0.15, 0.2) is 0 Å². The maximum Gasteiger partial charge on any atom is 0.280 e. The molecule has 0 radical (unpaired) electrons. The van der Waals surface area contributed by atoms with E-state index in [9.17, 15) is 4.79 Å². The Morgan fingerprint density at radius 3 is 2.68 bits per heavy atom. The molecule has 1 heterocycles. The topological polar surface area (TPSA) is 59.4 Å². The number of para-hydroxylation sites is 1. The van der Waals surface area contributed by atoms with Gasteiger partial charge in [0.05, 0.1) is 24.4 Å². The van der Waals surface area contributed by atoms with Gasteiger partial charge in [-0.1, -0.05) is 31.5 Å². The first-order valence-electron chi connectivity index (χ1n) is 7.58. The number of nitrogens with one attached hydrogen (secondary N) is 1. The van der Waals surface area contributed by atoms with Crippen molar-refractivity contribution < 1.29 is 4.74 Å². The molecule has 0 saturated carbocycles. The Kier molecular flexibility index (Phi) is 5.72. The third kappa shape index (κ3) is 3.54. The van der Waals surface area contributed by atoms with E-state index in [1.165, 1.54) is 0 Å². The Labute approximate surface area is 130 Å². The number of aliphatic imine (C=N–C) groups is 1. The van der Waals surface area contributed by atoms with Crippen LogP contribution in [0.15, 0.2) is 40.1 Å². The molecular weight excluding hydrogens is 278 g/mol. The summed E-state index contributed by atoms with van der Waals surface area (Å²) in [5.74, 6) is 0. The quantitative estimate of drug-likeness (QED) is 0.631. The first-order chi connectivity index (χ1) is 10.7. The van der Waals surface area contributed by atoms with Crippen molar-refractivity contribution in [3.8, 4) is 5.69 Å². The normalized spacial score (nSPS) is 11.9. The first kappa shape index (κ1) is 16.2. The third-order valence-corrected chi connectivity index (χ3v) is 3.49. The molecule has 1 N–H and O–H groups in total. The summed E-state index contributed by atoms with van der Waals surface area (Å²) >= 11 is 0. The maximum atomic E-state index is 12.8. The molecule has 1 aromatic carbocycles. The predicted octanol–water partition coefficient (Wildman–Crippen LogP) is 2.57. The summed E-state index contributed by atoms with van der Waals surface area (Å²) in [5, 5.41) is 3.23. The average Bonchev–Trinajstić information content (AvgIpc) is 2.85. The number of aromatic nitrogens is 2. The van der Waals surface area contributed by atoms with Crippen LogP contribution >= 0.6 is 0 Å². The Balaban J connectivity index is 2.46. The molecule has 0 fully saturated rings. The fourth-order valence-corrected chi connectivity index (χ4v) is 2.43. The van der Waals surface area contributed by atoms with Crippen molar-refractivity contribution in [3.63, 3.8) is 0 Å². The molecule has 0 aliphatic rings. The number of H-pyrrole nitrogens is 1. The Hall–Kier alpha value is -2.14. The molecule has 118 valence electrons. The minimum Gasteiger partial charge on any atom is -0.383 e. The zero-order valence-corrected chi connectivity index (χ0v) is 13.4. The second-order valence-electron chi connectivity index (χ2n) is 5.15. The number of ether oxygens (including phenoxy) is 1. The molecule has 1 aromatic heterocycles. The lowest BCUT2D eigenvalue weighted by molar-refractivity contribution is 0.208. The summed E-state index contributed by atoms with van der Waals surface area (Å²) in [7, 11) is 1.64. The van der Waals surface area contributed by atoms with Crippen molar-refractivity contribution in [2.75, 3.05) is 20.3 Å². The van der Waals surface area contributed by atoms with Crippen LogP contribution in [-0.4, -0.2) is 35.8 Å². The van der Waals surface area contributed by atoms with E-state index in [1.807, 2.05) is 37.3 Å². The molecule has 0 aliphatic carbocycles. The van der Waals surface area contributed by atoms with Crippen LogP contribution in [0.25, 0.3) is 5.69 Å². The highest BCUT2D eigenvalue weighted by atomic mass is 16.5. The number of benzene rings is 1. The van der Waals surface area contributed by atoms with Gasteiger partial charge in [0.2, 0.25) is 0 Å². The fraction of sp³-hybridized carbons (Fsp3) is 0.412. The summed E-state index contributed by atoms with van der Waals surface area (Å²) in [5.41, 5.74) is 3.17. The lowest BCUT2D eigenvalue weighted by atomic mass is 10.1. The zero-order valence-electron chi connectivity index (χ0n) is 13.4. The van der Waals surface area contributed by atoms with Crippen LogP contribution in [0.4, 0.5) is 0 Å². The lowest BCUT2D eigenvalue weighted by Gasteiger charge is -2.01. The van der Waals surface area contributed by atoms with Gasteiger partial charge in [-0.3, -0.25) is 14.9 Å². The summed E-state index contributed by atoms with van der Waals surface area (Å²) in [6.07, 6.45) is 1.79. The second kappa shape index (κ2) is 7.75. The standard InChI is InChI=1S/C17H23N3O2/c1-4-8-15-16(13(2)18-11-12-22-3)17(21)20(19-15)14-9-6-5-7-10-14/h5-7,9-10,19H,4,8,11-12H2,1-3H3. The van der Waals surface area contributed by atoms with Crippen molar-refractivity contribution in [2.24, 2.45) is 4.99 Å². The van der Waals surface area contributed by atoms with E-state index in [4.69, 9.17) is 4.74 Å². The number of rotatable bonds is 7. The fourth-order valence-electron chi connectivity index (χ4n) is 2.43. The summed E-state index contributed by atoms with van der Waals surface area (Å²) in [6.45, 7) is 5.09. The molecule has 0 amide bonds. The highest BCUT2D eigenvalue weighted by Gasteiger charge is 2.16. The zero-order chi connectivity index (χ0) is 15.9. The number of methoxy groups -OCH3 is 1. The molecule has 5 nitrogen and oxygen atoms in total. The number of aromatic amines is 1. The van der Waals surface area contributed by atoms with Gasteiger partial charge in [-0.2, -0.15) is 0 Å². The van der Waals surface area contributed by atoms with E-state index >= 15 is 0 Å². The van der Waals surface area contributed by atoms with Crippen molar-refractivity contribution in [1.82, 2.24) is 9.78 Å². The Bertz CT molecular complexity index is 684. The molecule has 0 atom stereocenters. The number of hydrogen-bond acceptors (Lipinski definition) is 3. The predicted molar refractivity (Wildman–Crippen MR) is 89.3 cm³/mol. The molecule has 0 unspecified atom stereocenters. The molecule has 5 heteroatoms. The van der Waals surface area contributed by atoms with Crippen LogP contribution in [0.1, 0.15) is 31.5 Å². The highest BCUT2D eigenvalue weighted by molar-refractivity contribution is 5.99. The van der Waals surface area contributed by atoms with E-state index in [0.717, 1.165) is 29.9 Å². The van der Waals surface area contributed by atoms with Crippen LogP contribution in [0, 0.1) is 0 Å². The van der Waals surface area contributed by atoms with Gasteiger partial charge in [0.25, 0.3) is 5.56 Å². The molecule has 0 saturated heterocycles. The molecule has 0 aliphatic heterocycles. The molecule has 0 bridgehead atoms. The monoisotopic (exact) mass is 301 g/mol. The van der Waals surface area contributed by atoms with Gasteiger partial charge in [0, 0.05) is 18.5 Å². The third-order valence-electron chi connectivity index (χ3n) is 3.49. The maximum absolute atomic E-state index is 12.8. The highest BCUT2D eigenvalue weighted by Crippen LogP contribution is 2.10. The smallest absolute Gasteiger partial charge is 0.280 e. The van der Waals surface area contributed by atoms with Gasteiger partial charge in [-0.05, 0) is 25.5 Å². The van der Waals surface area contributed by atoms with E-state index in [2.05, 4.69) is 17.0 Å². The summed E-state index contributed by atoms with van der Waals surface area (Å²) < 4.78 is 6.61. The molecule has 2 rings (SSSR count). The summed E-state index contributed by atoms with van der Waals surface area (Å²) in [6, 6.07) is 9.59. The average molecular weight is 301 g/mol. The molecular formula is C17H23N3O2. The lowest BCUT2D eigenvalue weighted by Crippen LogP contribution is -2.20. The number of nitrogens with zero attached hydrogens (tertiary/aromatic N) is 2. The van der Waals surface area contributed by atoms with Gasteiger partial charge in [-0.25, -0.2) is 4.68 Å². The number of hydrogen-bond donors (Lipinski definition) is 1. The largest absolute Gasteiger partial charge is 0.383 e. The van der Waals surface area contributed by atoms with E-state index in [1.54, 1.807) is 11.8 Å². The van der Waals surface area contributed by atoms with Crippen LogP contribution in [0.2, 0.25) is 0 Å². The molecule has 0 spiro atoms. The number of aryl methyl sites for hydroxylation is 1. The van der Waals surface area contributed by atoms with Crippen molar-refractivity contribution in [2.45, 2.75) is 26.7 Å². The van der Waals surface area contributed by atoms with Crippen molar-refractivity contribution in [1.29, 1.82) is 0 Å². The first-order valence-corrected chi connectivity index (χ1v) is 7.58. The Morgan fingerprint density at radius 1 is 1.32 bits per heavy atom. The molecule has 2 aromatic rings. The van der Waals surface area contributed by atoms with Crippen LogP contribution in [-0.2, 0) is 11.2 Å². The van der Waals surface area contributed by atoms with Crippen LogP contribution in [0.3, 0.4) is 0 Å². The van der Waals surface area contributed by atoms with E-state index in [-0.39, 0.29) is 5.56 Å². The summed E-state index contributed by atoms with van der Waals surface area (Å²) in [4.78, 5) is 17.2. The van der Waals surface area contributed by atoms with E-state index in [0.29, 0.717) is 18.7 Å². The van der Waals surface area contributed by atoms with Gasteiger partial charge in [-0.15, -0.1) is 0 Å².